The third-order valence-electron chi connectivity index (χ3n) is 12.0. The molecule has 4 fully saturated rings. The number of anilines is 3. The monoisotopic (exact) mass is 818 g/mol. The fourth-order valence-corrected chi connectivity index (χ4v) is 8.71. The molecule has 5 aliphatic rings. The number of likely N-dealkylation sites (tertiary alicyclic amines) is 1. The molecule has 17 heteroatoms. The maximum Gasteiger partial charge on any atom is 0.389 e. The Labute approximate surface area is 340 Å². The van der Waals surface area contributed by atoms with E-state index in [9.17, 15) is 32.3 Å². The number of rotatable bonds is 10. The van der Waals surface area contributed by atoms with Gasteiger partial charge in [0, 0.05) is 107 Å². The fraction of sp³-hybridized carbons (Fsp3) is 0.500. The molecule has 5 amide bonds. The number of benzene rings is 2. The molecule has 2 N–H and O–H groups in total. The number of piperazine rings is 1. The molecule has 1 unspecified atom stereocenters. The number of nitrogens with one attached hydrogen (secondary N) is 2. The maximum atomic E-state index is 13.2. The van der Waals surface area contributed by atoms with Crippen molar-refractivity contribution in [2.75, 3.05) is 93.8 Å². The van der Waals surface area contributed by atoms with E-state index in [0.29, 0.717) is 76.0 Å². The third kappa shape index (κ3) is 9.25. The van der Waals surface area contributed by atoms with Gasteiger partial charge in [-0.05, 0) is 78.8 Å². The Morgan fingerprint density at radius 2 is 1.75 bits per heavy atom. The number of morpholine rings is 1. The first-order valence-electron chi connectivity index (χ1n) is 20.3. The number of carbonyl (C=O) groups is 4. The molecule has 14 nitrogen and oxygen atoms in total. The van der Waals surface area contributed by atoms with Crippen LogP contribution in [0.3, 0.4) is 0 Å². The number of alkyl halides is 3. The van der Waals surface area contributed by atoms with Gasteiger partial charge in [-0.3, -0.25) is 24.6 Å². The van der Waals surface area contributed by atoms with Crippen LogP contribution in [0.15, 0.2) is 48.7 Å². The van der Waals surface area contributed by atoms with Gasteiger partial charge >= 0.3 is 12.2 Å². The van der Waals surface area contributed by atoms with E-state index in [1.54, 1.807) is 17.2 Å². The number of fused-ring (bicyclic) bond motifs is 1. The number of ether oxygens (including phenoxy) is 2. The van der Waals surface area contributed by atoms with E-state index in [-0.39, 0.29) is 31.3 Å². The van der Waals surface area contributed by atoms with Gasteiger partial charge in [0.1, 0.15) is 18.3 Å². The minimum atomic E-state index is -4.25. The molecule has 8 rings (SSSR count). The number of aromatic nitrogens is 1. The minimum absolute atomic E-state index is 0.0732. The van der Waals surface area contributed by atoms with Crippen LogP contribution in [0.4, 0.5) is 35.0 Å². The maximum absolute atomic E-state index is 13.2. The van der Waals surface area contributed by atoms with E-state index in [1.807, 2.05) is 37.3 Å². The van der Waals surface area contributed by atoms with E-state index in [4.69, 9.17) is 14.5 Å². The van der Waals surface area contributed by atoms with E-state index >= 15 is 0 Å². The second-order valence-electron chi connectivity index (χ2n) is 15.9. The van der Waals surface area contributed by atoms with Crippen molar-refractivity contribution in [3.05, 3.63) is 65.4 Å². The molecular formula is C42H49F3N8O6. The molecular weight excluding hydrogens is 770 g/mol. The quantitative estimate of drug-likeness (QED) is 0.278. The highest BCUT2D eigenvalue weighted by molar-refractivity contribution is 6.05. The number of halogens is 3. The summed E-state index contributed by atoms with van der Waals surface area (Å²) in [5.74, 6) is -0.965. The molecule has 0 saturated carbocycles. The molecule has 1 aromatic heterocycles. The van der Waals surface area contributed by atoms with E-state index < -0.39 is 36.5 Å². The molecule has 0 radical (unpaired) electrons. The van der Waals surface area contributed by atoms with Crippen LogP contribution in [0.1, 0.15) is 47.2 Å². The fourth-order valence-electron chi connectivity index (χ4n) is 8.71. The minimum Gasteiger partial charge on any atom is -0.475 e. The summed E-state index contributed by atoms with van der Waals surface area (Å²) in [6.07, 6.45) is -2.50. The van der Waals surface area contributed by atoms with Crippen molar-refractivity contribution in [1.29, 1.82) is 0 Å². The summed E-state index contributed by atoms with van der Waals surface area (Å²) in [6.45, 7) is 9.55. The number of hydrogen-bond donors (Lipinski definition) is 2. The van der Waals surface area contributed by atoms with E-state index in [2.05, 4.69) is 31.4 Å². The van der Waals surface area contributed by atoms with Crippen molar-refractivity contribution in [2.24, 2.45) is 5.92 Å². The van der Waals surface area contributed by atoms with Gasteiger partial charge in [0.2, 0.25) is 17.7 Å². The Kier molecular flexibility index (Phi) is 11.7. The lowest BCUT2D eigenvalue weighted by atomic mass is 10.0. The van der Waals surface area contributed by atoms with Crippen molar-refractivity contribution in [3.8, 4) is 17.0 Å². The van der Waals surface area contributed by atoms with Crippen LogP contribution in [-0.4, -0.2) is 134 Å². The van der Waals surface area contributed by atoms with Crippen LogP contribution < -0.4 is 25.2 Å². The van der Waals surface area contributed by atoms with Crippen LogP contribution >= 0.6 is 0 Å². The van der Waals surface area contributed by atoms with Crippen molar-refractivity contribution in [2.45, 2.75) is 51.4 Å². The first-order chi connectivity index (χ1) is 28.4. The predicted molar refractivity (Wildman–Crippen MR) is 213 cm³/mol. The zero-order valence-corrected chi connectivity index (χ0v) is 33.1. The number of piperidine rings is 1. The first kappa shape index (κ1) is 40.4. The lowest BCUT2D eigenvalue weighted by Gasteiger charge is -2.36. The van der Waals surface area contributed by atoms with Gasteiger partial charge in [-0.2, -0.15) is 13.2 Å². The summed E-state index contributed by atoms with van der Waals surface area (Å²) in [4.78, 5) is 65.0. The third-order valence-corrected chi connectivity index (χ3v) is 12.0. The second-order valence-corrected chi connectivity index (χ2v) is 15.9. The smallest absolute Gasteiger partial charge is 0.389 e. The summed E-state index contributed by atoms with van der Waals surface area (Å²) >= 11 is 0. The zero-order valence-electron chi connectivity index (χ0n) is 33.1. The number of aryl methyl sites for hydroxylation is 1. The van der Waals surface area contributed by atoms with Gasteiger partial charge in [-0.15, -0.1) is 0 Å². The summed E-state index contributed by atoms with van der Waals surface area (Å²) in [5.41, 5.74) is 6.60. The average molecular weight is 819 g/mol. The Bertz CT molecular complexity index is 2090. The Morgan fingerprint density at radius 1 is 0.949 bits per heavy atom. The number of amides is 5. The summed E-state index contributed by atoms with van der Waals surface area (Å²) in [6, 6.07) is 12.4. The second kappa shape index (κ2) is 17.0. The molecule has 314 valence electrons. The van der Waals surface area contributed by atoms with Crippen molar-refractivity contribution in [3.63, 3.8) is 0 Å². The van der Waals surface area contributed by atoms with Gasteiger partial charge in [0.05, 0.1) is 13.2 Å². The van der Waals surface area contributed by atoms with Crippen molar-refractivity contribution < 1.29 is 41.8 Å². The lowest BCUT2D eigenvalue weighted by molar-refractivity contribution is -0.143. The number of pyridine rings is 1. The van der Waals surface area contributed by atoms with Crippen LogP contribution in [0, 0.1) is 12.8 Å². The van der Waals surface area contributed by atoms with Gasteiger partial charge in [0.15, 0.2) is 0 Å². The van der Waals surface area contributed by atoms with E-state index in [0.717, 1.165) is 59.8 Å². The Balaban J connectivity index is 0.872. The summed E-state index contributed by atoms with van der Waals surface area (Å²) < 4.78 is 50.8. The number of hydrogen-bond acceptors (Lipinski definition) is 10. The molecule has 5 aliphatic heterocycles. The molecule has 2 atom stereocenters. The largest absolute Gasteiger partial charge is 0.475 e. The van der Waals surface area contributed by atoms with Crippen LogP contribution in [-0.2, 0) is 20.9 Å². The zero-order chi connectivity index (χ0) is 41.3. The Morgan fingerprint density at radius 3 is 2.51 bits per heavy atom. The van der Waals surface area contributed by atoms with Crippen molar-refractivity contribution in [1.82, 2.24) is 25.0 Å². The SMILES string of the molecule is Cc1ccc(NC(=O)N2CC[C@@H](CC(F)(F)F)C2)cc1-c1cnc(OCCN2CCN(c3ccc4c(c3)CN(C3CCC(=O)NC3=O)C4=O)CC2)c(N2CCOCC2)c1. The highest BCUT2D eigenvalue weighted by Gasteiger charge is 2.40. The molecule has 0 spiro atoms. The van der Waals surface area contributed by atoms with Gasteiger partial charge in [0.25, 0.3) is 5.91 Å². The molecule has 3 aromatic rings. The number of carbonyl (C=O) groups excluding carboxylic acids is 4. The molecule has 0 aliphatic carbocycles. The summed E-state index contributed by atoms with van der Waals surface area (Å²) in [5, 5.41) is 5.24. The molecule has 0 bridgehead atoms. The summed E-state index contributed by atoms with van der Waals surface area (Å²) in [7, 11) is 0. The van der Waals surface area contributed by atoms with Crippen LogP contribution in [0.25, 0.3) is 11.1 Å². The lowest BCUT2D eigenvalue weighted by Crippen LogP contribution is -2.52. The van der Waals surface area contributed by atoms with Crippen LogP contribution in [0.5, 0.6) is 5.88 Å². The first-order valence-corrected chi connectivity index (χ1v) is 20.3. The van der Waals surface area contributed by atoms with Gasteiger partial charge in [-0.1, -0.05) is 6.07 Å². The topological polar surface area (TPSA) is 140 Å². The highest BCUT2D eigenvalue weighted by Crippen LogP contribution is 2.36. The normalized spacial score (nSPS) is 21.5. The predicted octanol–water partition coefficient (Wildman–Crippen LogP) is 4.66. The average Bonchev–Trinajstić information content (AvgIpc) is 3.82. The molecule has 59 heavy (non-hydrogen) atoms. The molecule has 2 aromatic carbocycles. The highest BCUT2D eigenvalue weighted by atomic mass is 19.4. The van der Waals surface area contributed by atoms with Gasteiger partial charge in [-0.25, -0.2) is 9.78 Å². The van der Waals surface area contributed by atoms with E-state index in [1.165, 1.54) is 4.90 Å². The van der Waals surface area contributed by atoms with Crippen LogP contribution in [0.2, 0.25) is 0 Å². The number of nitrogens with zero attached hydrogens (tertiary/aromatic N) is 6. The number of urea groups is 1. The number of imide groups is 1. The van der Waals surface area contributed by atoms with Crippen molar-refractivity contribution >= 4 is 40.8 Å². The standard InChI is InChI=1S/C42H49F3N8O6/c1-27-2-3-31(47-41(57)52-9-8-28(25-52)23-42(43,44)45)22-34(27)29-21-36(51-15-17-58-18-16-51)39(46-24-29)59-19-14-49-10-12-50(13-11-49)32-4-5-33-30(20-32)26-53(40(33)56)35-6-7-37(54)48-38(35)55/h2-5,20-22,24,28,35H,6-19,23,25-26H2,1H3,(H,47,57)(H,48,54,55)/t28-,35?/m0/s1. The molecule has 6 heterocycles. The van der Waals surface area contributed by atoms with Gasteiger partial charge < -0.3 is 34.4 Å². The molecule has 4 saturated heterocycles. The Hall–Kier alpha value is -5.42.